The van der Waals surface area contributed by atoms with Gasteiger partial charge in [-0.05, 0) is 88.7 Å². The summed E-state index contributed by atoms with van der Waals surface area (Å²) in [6, 6.07) is 0. The molecule has 0 aromatic heterocycles. The summed E-state index contributed by atoms with van der Waals surface area (Å²) in [6.45, 7) is 8.38. The van der Waals surface area contributed by atoms with Gasteiger partial charge < -0.3 is 9.64 Å². The predicted octanol–water partition coefficient (Wildman–Crippen LogP) is 11.6. The Morgan fingerprint density at radius 3 is 1.64 bits per heavy atom. The summed E-state index contributed by atoms with van der Waals surface area (Å²) >= 11 is 4.30. The Hall–Kier alpha value is -0.910. The van der Waals surface area contributed by atoms with E-state index < -0.39 is 0 Å². The van der Waals surface area contributed by atoms with Gasteiger partial charge in [0.25, 0.3) is 0 Å². The highest BCUT2D eigenvalue weighted by molar-refractivity contribution is 7.80. The molecule has 0 saturated heterocycles. The second-order valence-corrected chi connectivity index (χ2v) is 12.8. The average molecular weight is 611 g/mol. The number of rotatable bonds is 34. The second kappa shape index (κ2) is 34.6. The molecule has 248 valence electrons. The van der Waals surface area contributed by atoms with Crippen molar-refractivity contribution in [3.05, 3.63) is 10.4 Å². The van der Waals surface area contributed by atoms with Crippen molar-refractivity contribution in [2.75, 3.05) is 31.9 Å². The van der Waals surface area contributed by atoms with Crippen LogP contribution in [0, 0.1) is 0 Å². The Labute approximate surface area is 266 Å². The van der Waals surface area contributed by atoms with Gasteiger partial charge in [-0.1, -0.05) is 122 Å². The molecule has 0 atom stereocenters. The molecule has 0 rings (SSSR count). The molecule has 0 N–H and O–H groups in total. The predicted molar refractivity (Wildman–Crippen MR) is 186 cm³/mol. The number of esters is 1. The molecule has 0 bridgehead atoms. The van der Waals surface area contributed by atoms with Gasteiger partial charge >= 0.3 is 5.97 Å². The third-order valence-corrected chi connectivity index (χ3v) is 8.66. The number of nitrogens with zero attached hydrogens (tertiary/aromatic N) is 4. The van der Waals surface area contributed by atoms with Crippen LogP contribution in [0.2, 0.25) is 0 Å². The number of hydrogen-bond donors (Lipinski definition) is 1. The number of ether oxygens (including phenoxy) is 1. The van der Waals surface area contributed by atoms with Crippen molar-refractivity contribution in [3.63, 3.8) is 0 Å². The zero-order valence-electron chi connectivity index (χ0n) is 28.1. The lowest BCUT2D eigenvalue weighted by Crippen LogP contribution is -2.27. The fraction of sp³-hybridized carbons (Fsp3) is 0.971. The third-order valence-electron chi connectivity index (χ3n) is 8.34. The van der Waals surface area contributed by atoms with Gasteiger partial charge in [-0.2, -0.15) is 12.6 Å². The largest absolute Gasteiger partial charge is 0.462 e. The topological polar surface area (TPSA) is 78.3 Å². The first-order chi connectivity index (χ1) is 20.7. The Balaban J connectivity index is 4.20. The van der Waals surface area contributed by atoms with Gasteiger partial charge in [0, 0.05) is 17.9 Å². The van der Waals surface area contributed by atoms with Gasteiger partial charge in [0.1, 0.15) is 6.10 Å². The van der Waals surface area contributed by atoms with E-state index in [1.165, 1.54) is 128 Å². The van der Waals surface area contributed by atoms with Crippen LogP contribution in [0.3, 0.4) is 0 Å². The fourth-order valence-corrected chi connectivity index (χ4v) is 5.89. The van der Waals surface area contributed by atoms with Crippen molar-refractivity contribution < 1.29 is 9.53 Å². The Morgan fingerprint density at radius 2 is 1.12 bits per heavy atom. The maximum atomic E-state index is 12.6. The third kappa shape index (κ3) is 30.5. The lowest BCUT2D eigenvalue weighted by molar-refractivity contribution is -0.150. The Bertz CT molecular complexity index is 600. The molecule has 0 aromatic rings. The summed E-state index contributed by atoms with van der Waals surface area (Å²) in [5, 5.41) is 3.70. The summed E-state index contributed by atoms with van der Waals surface area (Å²) < 4.78 is 6.01. The van der Waals surface area contributed by atoms with Crippen molar-refractivity contribution in [1.82, 2.24) is 4.90 Å². The zero-order chi connectivity index (χ0) is 30.8. The molecule has 0 unspecified atom stereocenters. The van der Waals surface area contributed by atoms with E-state index in [1.54, 1.807) is 0 Å². The van der Waals surface area contributed by atoms with Gasteiger partial charge in [0.2, 0.25) is 0 Å². The number of azide groups is 1. The molecule has 42 heavy (non-hydrogen) atoms. The summed E-state index contributed by atoms with van der Waals surface area (Å²) in [7, 11) is 0. The van der Waals surface area contributed by atoms with Gasteiger partial charge in [-0.3, -0.25) is 4.79 Å². The van der Waals surface area contributed by atoms with E-state index in [9.17, 15) is 4.79 Å². The van der Waals surface area contributed by atoms with Crippen LogP contribution in [0.5, 0.6) is 0 Å². The molecular weight excluding hydrogens is 540 g/mol. The minimum absolute atomic E-state index is 0.0255. The maximum absolute atomic E-state index is 12.6. The fourth-order valence-electron chi connectivity index (χ4n) is 5.67. The molecule has 0 spiro atoms. The molecule has 0 amide bonds. The number of unbranched alkanes of at least 4 members (excludes halogenated alkanes) is 18. The number of carbonyl (C=O) groups excluding carboxylic acids is 1. The van der Waals surface area contributed by atoms with Crippen LogP contribution in [-0.2, 0) is 9.53 Å². The normalized spacial score (nSPS) is 11.4. The van der Waals surface area contributed by atoms with Crippen molar-refractivity contribution in [3.8, 4) is 0 Å². The van der Waals surface area contributed by atoms with E-state index in [1.807, 2.05) is 0 Å². The van der Waals surface area contributed by atoms with Crippen LogP contribution >= 0.6 is 12.6 Å². The van der Waals surface area contributed by atoms with E-state index in [4.69, 9.17) is 10.3 Å². The minimum Gasteiger partial charge on any atom is -0.462 e. The van der Waals surface area contributed by atoms with Gasteiger partial charge in [0.05, 0.1) is 0 Å². The second-order valence-electron chi connectivity index (χ2n) is 12.4. The molecule has 0 aliphatic rings. The Kier molecular flexibility index (Phi) is 33.8. The zero-order valence-corrected chi connectivity index (χ0v) is 28.9. The summed E-state index contributed by atoms with van der Waals surface area (Å²) in [4.78, 5) is 18.1. The van der Waals surface area contributed by atoms with E-state index in [-0.39, 0.29) is 12.1 Å². The van der Waals surface area contributed by atoms with E-state index in [0.29, 0.717) is 13.0 Å². The summed E-state index contributed by atoms with van der Waals surface area (Å²) in [5.41, 5.74) is 8.54. The van der Waals surface area contributed by atoms with Crippen molar-refractivity contribution in [1.29, 1.82) is 0 Å². The highest BCUT2D eigenvalue weighted by atomic mass is 32.1. The van der Waals surface area contributed by atoms with Crippen LogP contribution in [0.25, 0.3) is 10.4 Å². The molecule has 0 fully saturated rings. The van der Waals surface area contributed by atoms with Crippen molar-refractivity contribution >= 4 is 18.6 Å². The van der Waals surface area contributed by atoms with Crippen LogP contribution in [0.1, 0.15) is 181 Å². The van der Waals surface area contributed by atoms with Crippen LogP contribution in [0.4, 0.5) is 0 Å². The van der Waals surface area contributed by atoms with Crippen LogP contribution in [0.15, 0.2) is 5.11 Å². The van der Waals surface area contributed by atoms with Crippen LogP contribution in [-0.4, -0.2) is 48.9 Å². The highest BCUT2D eigenvalue weighted by Crippen LogP contribution is 2.18. The standard InChI is InChI=1S/C35H70N4O2S/c1-3-5-7-9-13-19-26-34(27-20-14-10-8-6-4-2)41-35(40)28-21-15-11-16-22-30-39(32-25-29-37-38-36)31-23-17-12-18-24-33-42/h34,42H,3-33H2,1-2H3. The molecule has 6 nitrogen and oxygen atoms in total. The molecule has 0 radical (unpaired) electrons. The summed E-state index contributed by atoms with van der Waals surface area (Å²) in [5.74, 6) is 1.02. The van der Waals surface area contributed by atoms with Crippen LogP contribution < -0.4 is 0 Å². The summed E-state index contributed by atoms with van der Waals surface area (Å²) in [6.07, 6.45) is 31.2. The molecule has 0 heterocycles. The Morgan fingerprint density at radius 1 is 0.667 bits per heavy atom. The van der Waals surface area contributed by atoms with Gasteiger partial charge in [0.15, 0.2) is 0 Å². The monoisotopic (exact) mass is 611 g/mol. The molecule has 0 aliphatic carbocycles. The number of hydrogen-bond acceptors (Lipinski definition) is 5. The smallest absolute Gasteiger partial charge is 0.306 e. The average Bonchev–Trinajstić information content (AvgIpc) is 2.99. The lowest BCUT2D eigenvalue weighted by atomic mass is 10.0. The highest BCUT2D eigenvalue weighted by Gasteiger charge is 2.14. The first-order valence-corrected chi connectivity index (χ1v) is 18.8. The van der Waals surface area contributed by atoms with Gasteiger partial charge in [-0.15, -0.1) is 0 Å². The molecular formula is C35H70N4O2S. The minimum atomic E-state index is 0.0255. The molecule has 7 heteroatoms. The van der Waals surface area contributed by atoms with Gasteiger partial charge in [-0.25, -0.2) is 0 Å². The number of thiol groups is 1. The van der Waals surface area contributed by atoms with E-state index >= 15 is 0 Å². The maximum Gasteiger partial charge on any atom is 0.306 e. The molecule has 0 aromatic carbocycles. The van der Waals surface area contributed by atoms with Crippen molar-refractivity contribution in [2.45, 2.75) is 187 Å². The first kappa shape index (κ1) is 41.1. The van der Waals surface area contributed by atoms with Crippen molar-refractivity contribution in [2.24, 2.45) is 5.11 Å². The molecule has 0 saturated carbocycles. The van der Waals surface area contributed by atoms with E-state index in [0.717, 1.165) is 57.5 Å². The molecule has 0 aliphatic heterocycles. The lowest BCUT2D eigenvalue weighted by Gasteiger charge is -2.22. The SMILES string of the molecule is CCCCCCCCC(CCCCCCCC)OC(=O)CCCCCCCN(CCCCCCCS)CCCN=[N+]=[N-]. The number of carbonyl (C=O) groups is 1. The van der Waals surface area contributed by atoms with E-state index in [2.05, 4.69) is 41.4 Å². The quantitative estimate of drug-likeness (QED) is 0.0196. The first-order valence-electron chi connectivity index (χ1n) is 18.2.